The number of rotatable bonds is 26. The average molecular weight is 521 g/mol. The molecule has 208 valence electrons. The second kappa shape index (κ2) is 25.0. The van der Waals surface area contributed by atoms with Crippen LogP contribution in [0, 0.1) is 0 Å². The van der Waals surface area contributed by atoms with Gasteiger partial charge in [0.15, 0.2) is 0 Å². The van der Waals surface area contributed by atoms with Crippen LogP contribution >= 0.6 is 7.82 Å². The van der Waals surface area contributed by atoms with Crippen molar-refractivity contribution in [1.29, 1.82) is 0 Å². The average Bonchev–Trinajstić information content (AvgIpc) is 2.82. The monoisotopic (exact) mass is 520 g/mol. The zero-order chi connectivity index (χ0) is 26.0. The van der Waals surface area contributed by atoms with Crippen LogP contribution in [0.3, 0.4) is 0 Å². The van der Waals surface area contributed by atoms with Crippen LogP contribution < -0.4 is 0 Å². The minimum absolute atomic E-state index is 0.292. The molecule has 0 rings (SSSR count). The summed E-state index contributed by atoms with van der Waals surface area (Å²) in [5, 5.41) is 9.46. The molecule has 3 N–H and O–H groups in total. The van der Waals surface area contributed by atoms with E-state index in [-0.39, 0.29) is 6.61 Å². The first kappa shape index (κ1) is 34.3. The van der Waals surface area contributed by atoms with Crippen molar-refractivity contribution in [2.24, 2.45) is 0 Å². The second-order valence-electron chi connectivity index (χ2n) is 9.58. The van der Waals surface area contributed by atoms with E-state index in [1.807, 2.05) is 0 Å². The maximum atomic E-state index is 11.6. The molecule has 0 aliphatic heterocycles. The Morgan fingerprint density at radius 3 is 1.60 bits per heavy atom. The largest absolute Gasteiger partial charge is 0.469 e. The lowest BCUT2D eigenvalue weighted by atomic mass is 10.0. The molecule has 0 fully saturated rings. The Morgan fingerprint density at radius 1 is 0.714 bits per heavy atom. The van der Waals surface area contributed by atoms with Crippen LogP contribution in [-0.2, 0) is 18.6 Å². The Labute approximate surface area is 214 Å². The summed E-state index contributed by atoms with van der Waals surface area (Å²) in [6, 6.07) is 0. The molecule has 1 atom stereocenters. The van der Waals surface area contributed by atoms with Crippen LogP contribution in [0.15, 0.2) is 12.2 Å². The van der Waals surface area contributed by atoms with Gasteiger partial charge in [-0.1, -0.05) is 109 Å². The number of carbonyl (C=O) groups is 1. The standard InChI is InChI=1S/C27H53O7P/c1-2-3-4-5-6-7-8-9-10-11-12-13-14-15-16-17-18-19-20-21-22-23-27(29)33-24-26(28)25-34-35(30,31)32/h9-10,26,28H,2-8,11-25H2,1H3,(H2,30,31,32)/b10-9-. The summed E-state index contributed by atoms with van der Waals surface area (Å²) in [5.41, 5.74) is 0. The van der Waals surface area contributed by atoms with Crippen molar-refractivity contribution in [1.82, 2.24) is 0 Å². The number of phosphoric acid groups is 1. The molecular formula is C27H53O7P. The first-order chi connectivity index (χ1) is 16.8. The zero-order valence-electron chi connectivity index (χ0n) is 22.2. The van der Waals surface area contributed by atoms with Gasteiger partial charge in [0.1, 0.15) is 12.7 Å². The third-order valence-corrected chi connectivity index (χ3v) is 6.50. The predicted molar refractivity (Wildman–Crippen MR) is 142 cm³/mol. The van der Waals surface area contributed by atoms with Crippen molar-refractivity contribution in [2.75, 3.05) is 13.2 Å². The third-order valence-electron chi connectivity index (χ3n) is 6.01. The molecule has 0 aliphatic rings. The van der Waals surface area contributed by atoms with Crippen LogP contribution in [0.1, 0.15) is 135 Å². The highest BCUT2D eigenvalue weighted by Gasteiger charge is 2.17. The highest BCUT2D eigenvalue weighted by Crippen LogP contribution is 2.35. The fourth-order valence-electron chi connectivity index (χ4n) is 3.89. The fraction of sp³-hybridized carbons (Fsp3) is 0.889. The molecule has 0 aromatic carbocycles. The maximum Gasteiger partial charge on any atom is 0.469 e. The summed E-state index contributed by atoms with van der Waals surface area (Å²) in [5.74, 6) is -0.409. The number of phosphoric ester groups is 1. The number of aliphatic hydroxyl groups excluding tert-OH is 1. The second-order valence-corrected chi connectivity index (χ2v) is 10.8. The Balaban J connectivity index is 3.28. The third kappa shape index (κ3) is 29.4. The van der Waals surface area contributed by atoms with E-state index in [2.05, 4.69) is 23.6 Å². The zero-order valence-corrected chi connectivity index (χ0v) is 23.1. The lowest BCUT2D eigenvalue weighted by Crippen LogP contribution is -2.23. The van der Waals surface area contributed by atoms with E-state index in [1.165, 1.54) is 103 Å². The summed E-state index contributed by atoms with van der Waals surface area (Å²) >= 11 is 0. The van der Waals surface area contributed by atoms with Gasteiger partial charge in [0.2, 0.25) is 0 Å². The van der Waals surface area contributed by atoms with Crippen molar-refractivity contribution in [3.8, 4) is 0 Å². The number of unbranched alkanes of at least 4 members (excludes halogenated alkanes) is 17. The highest BCUT2D eigenvalue weighted by atomic mass is 31.2. The fourth-order valence-corrected chi connectivity index (χ4v) is 4.26. The van der Waals surface area contributed by atoms with Gasteiger partial charge >= 0.3 is 13.8 Å². The summed E-state index contributed by atoms with van der Waals surface area (Å²) in [7, 11) is -4.62. The first-order valence-corrected chi connectivity index (χ1v) is 15.6. The maximum absolute atomic E-state index is 11.6. The molecule has 0 spiro atoms. The first-order valence-electron chi connectivity index (χ1n) is 14.0. The van der Waals surface area contributed by atoms with Crippen LogP contribution in [0.2, 0.25) is 0 Å². The molecule has 0 aliphatic carbocycles. The van der Waals surface area contributed by atoms with Crippen LogP contribution in [-0.4, -0.2) is 40.2 Å². The van der Waals surface area contributed by atoms with E-state index in [4.69, 9.17) is 14.5 Å². The summed E-state index contributed by atoms with van der Waals surface area (Å²) in [6.45, 7) is 1.36. The van der Waals surface area contributed by atoms with E-state index in [0.717, 1.165) is 19.3 Å². The van der Waals surface area contributed by atoms with Gasteiger partial charge in [-0.25, -0.2) is 4.57 Å². The van der Waals surface area contributed by atoms with Gasteiger partial charge in [-0.05, 0) is 32.1 Å². The molecule has 0 saturated carbocycles. The van der Waals surface area contributed by atoms with Crippen molar-refractivity contribution in [2.45, 2.75) is 141 Å². The quantitative estimate of drug-likeness (QED) is 0.0472. The van der Waals surface area contributed by atoms with Crippen molar-refractivity contribution < 1.29 is 33.5 Å². The van der Waals surface area contributed by atoms with Gasteiger partial charge in [0, 0.05) is 6.42 Å². The summed E-state index contributed by atoms with van der Waals surface area (Å²) < 4.78 is 19.6. The van der Waals surface area contributed by atoms with Gasteiger partial charge in [0.25, 0.3) is 0 Å². The normalized spacial score (nSPS) is 12.9. The minimum atomic E-state index is -4.62. The topological polar surface area (TPSA) is 113 Å². The lowest BCUT2D eigenvalue weighted by Gasteiger charge is -2.12. The number of esters is 1. The van der Waals surface area contributed by atoms with Gasteiger partial charge in [-0.3, -0.25) is 9.32 Å². The Morgan fingerprint density at radius 2 is 1.14 bits per heavy atom. The SMILES string of the molecule is CCCCCCCC/C=C\CCCCCCCCCCCCCC(=O)OCC(O)COP(=O)(O)O. The van der Waals surface area contributed by atoms with Gasteiger partial charge in [-0.15, -0.1) is 0 Å². The molecule has 0 heterocycles. The van der Waals surface area contributed by atoms with Crippen LogP contribution in [0.25, 0.3) is 0 Å². The molecule has 7 nitrogen and oxygen atoms in total. The van der Waals surface area contributed by atoms with E-state index in [0.29, 0.717) is 6.42 Å². The highest BCUT2D eigenvalue weighted by molar-refractivity contribution is 7.46. The van der Waals surface area contributed by atoms with Crippen LogP contribution in [0.5, 0.6) is 0 Å². The van der Waals surface area contributed by atoms with Crippen LogP contribution in [0.4, 0.5) is 0 Å². The van der Waals surface area contributed by atoms with Gasteiger partial charge in [-0.2, -0.15) is 0 Å². The molecule has 8 heteroatoms. The summed E-state index contributed by atoms with van der Waals surface area (Å²) in [6.07, 6.45) is 27.7. The molecule has 0 amide bonds. The molecular weight excluding hydrogens is 467 g/mol. The molecule has 0 aromatic heterocycles. The smallest absolute Gasteiger partial charge is 0.463 e. The van der Waals surface area contributed by atoms with Gasteiger partial charge < -0.3 is 19.6 Å². The van der Waals surface area contributed by atoms with Crippen molar-refractivity contribution in [3.63, 3.8) is 0 Å². The predicted octanol–water partition coefficient (Wildman–Crippen LogP) is 7.38. The van der Waals surface area contributed by atoms with E-state index in [9.17, 15) is 14.5 Å². The number of carbonyl (C=O) groups excluding carboxylic acids is 1. The molecule has 0 saturated heterocycles. The van der Waals surface area contributed by atoms with E-state index in [1.54, 1.807) is 0 Å². The number of aliphatic hydroxyl groups is 1. The van der Waals surface area contributed by atoms with Crippen molar-refractivity contribution in [3.05, 3.63) is 12.2 Å². The Hall–Kier alpha value is -0.720. The molecule has 0 bridgehead atoms. The van der Waals surface area contributed by atoms with Gasteiger partial charge in [0.05, 0.1) is 6.61 Å². The Bertz CT molecular complexity index is 548. The Kier molecular flexibility index (Phi) is 24.4. The molecule has 0 aromatic rings. The van der Waals surface area contributed by atoms with E-state index < -0.39 is 26.5 Å². The number of hydrogen-bond acceptors (Lipinski definition) is 5. The number of hydrogen-bond donors (Lipinski definition) is 3. The van der Waals surface area contributed by atoms with E-state index >= 15 is 0 Å². The lowest BCUT2D eigenvalue weighted by molar-refractivity contribution is -0.147. The number of allylic oxidation sites excluding steroid dienone is 2. The molecule has 1 unspecified atom stereocenters. The molecule has 0 radical (unpaired) electrons. The number of ether oxygens (including phenoxy) is 1. The molecule has 35 heavy (non-hydrogen) atoms. The summed E-state index contributed by atoms with van der Waals surface area (Å²) in [4.78, 5) is 28.7. The minimum Gasteiger partial charge on any atom is -0.463 e. The van der Waals surface area contributed by atoms with Crippen molar-refractivity contribution >= 4 is 13.8 Å².